The zero-order chi connectivity index (χ0) is 19.4. The molecule has 2 heteroatoms. The topological polar surface area (TPSA) is 37.3 Å². The third-order valence-electron chi connectivity index (χ3n) is 6.26. The molecule has 0 aliphatic heterocycles. The van der Waals surface area contributed by atoms with Gasteiger partial charge in [0.2, 0.25) is 0 Å². The van der Waals surface area contributed by atoms with Crippen molar-refractivity contribution in [2.24, 2.45) is 23.7 Å². The van der Waals surface area contributed by atoms with Crippen LogP contribution in [0.4, 0.5) is 0 Å². The van der Waals surface area contributed by atoms with Crippen molar-refractivity contribution in [2.45, 2.75) is 47.0 Å². The second kappa shape index (κ2) is 8.53. The number of allylic oxidation sites excluding steroid dienone is 4. The zero-order valence-corrected chi connectivity index (χ0v) is 16.6. The summed E-state index contributed by atoms with van der Waals surface area (Å²) in [5.41, 5.74) is 5.68. The Labute approximate surface area is 158 Å². The van der Waals surface area contributed by atoms with Crippen LogP contribution in [0, 0.1) is 37.5 Å². The van der Waals surface area contributed by atoms with Gasteiger partial charge in [0.15, 0.2) is 0 Å². The minimum Gasteiger partial charge on any atom is -0.478 e. The van der Waals surface area contributed by atoms with Crippen molar-refractivity contribution in [3.8, 4) is 0 Å². The third-order valence-corrected chi connectivity index (χ3v) is 6.26. The molecule has 4 atom stereocenters. The predicted octanol–water partition coefficient (Wildman–Crippen LogP) is 6.36. The molecule has 0 amide bonds. The quantitative estimate of drug-likeness (QED) is 0.626. The van der Waals surface area contributed by atoms with Crippen LogP contribution in [0.25, 0.3) is 0 Å². The van der Waals surface area contributed by atoms with Gasteiger partial charge in [0, 0.05) is 0 Å². The monoisotopic (exact) mass is 352 g/mol. The average Bonchev–Trinajstić information content (AvgIpc) is 3.06. The van der Waals surface area contributed by atoms with Crippen molar-refractivity contribution in [1.29, 1.82) is 0 Å². The highest BCUT2D eigenvalue weighted by atomic mass is 16.4. The first-order chi connectivity index (χ1) is 12.3. The van der Waals surface area contributed by atoms with Crippen molar-refractivity contribution in [3.05, 3.63) is 71.3 Å². The maximum absolute atomic E-state index is 10.5. The van der Waals surface area contributed by atoms with Gasteiger partial charge in [0.25, 0.3) is 0 Å². The van der Waals surface area contributed by atoms with Gasteiger partial charge >= 0.3 is 5.97 Å². The van der Waals surface area contributed by atoms with E-state index in [-0.39, 0.29) is 0 Å². The Hall–Kier alpha value is -2.09. The summed E-state index contributed by atoms with van der Waals surface area (Å²) < 4.78 is 0. The summed E-state index contributed by atoms with van der Waals surface area (Å²) in [5, 5.41) is 8.66. The second-order valence-electron chi connectivity index (χ2n) is 7.83. The number of carbonyl (C=O) groups is 1. The van der Waals surface area contributed by atoms with Gasteiger partial charge in [-0.1, -0.05) is 54.8 Å². The number of rotatable bonds is 5. The lowest BCUT2D eigenvalue weighted by Crippen LogP contribution is -2.20. The predicted molar refractivity (Wildman–Crippen MR) is 109 cm³/mol. The fraction of sp³-hybridized carbons (Fsp3) is 0.458. The Bertz CT molecular complexity index is 696. The largest absolute Gasteiger partial charge is 0.478 e. The Morgan fingerprint density at radius 1 is 1.08 bits per heavy atom. The first-order valence-electron chi connectivity index (χ1n) is 9.55. The SMILES string of the molecule is C=CCC1=C(CC=C)C2CC1C(C)C2C.Cc1ccc(C(=O)O)c(C)c1. The maximum Gasteiger partial charge on any atom is 0.335 e. The molecule has 0 aromatic heterocycles. The number of aryl methyl sites for hydroxylation is 2. The van der Waals surface area contributed by atoms with Crippen LogP contribution in [-0.4, -0.2) is 11.1 Å². The molecule has 140 valence electrons. The van der Waals surface area contributed by atoms with E-state index in [1.54, 1.807) is 30.2 Å². The molecule has 26 heavy (non-hydrogen) atoms. The molecule has 3 rings (SSSR count). The van der Waals surface area contributed by atoms with E-state index in [4.69, 9.17) is 5.11 Å². The average molecular weight is 353 g/mol. The van der Waals surface area contributed by atoms with Crippen LogP contribution in [0.15, 0.2) is 54.7 Å². The molecule has 0 radical (unpaired) electrons. The summed E-state index contributed by atoms with van der Waals surface area (Å²) >= 11 is 0. The number of fused-ring (bicyclic) bond motifs is 2. The maximum atomic E-state index is 10.5. The molecule has 1 saturated carbocycles. The van der Waals surface area contributed by atoms with Gasteiger partial charge in [-0.2, -0.15) is 0 Å². The normalized spacial score (nSPS) is 26.3. The standard InChI is InChI=1S/C15H22.C9H10O2/c1-5-7-12-13(8-6-2)15-9-14(12)10(3)11(15)4;1-6-3-4-8(9(10)11)7(2)5-6/h5-6,10-11,14-15H,1-2,7-9H2,3-4H3;3-5H,1-2H3,(H,10,11). The molecule has 1 aromatic carbocycles. The summed E-state index contributed by atoms with van der Waals surface area (Å²) in [6.45, 7) is 16.4. The molecule has 2 bridgehead atoms. The van der Waals surface area contributed by atoms with E-state index in [1.165, 1.54) is 6.42 Å². The van der Waals surface area contributed by atoms with Crippen LogP contribution in [0.2, 0.25) is 0 Å². The van der Waals surface area contributed by atoms with Gasteiger partial charge in [-0.3, -0.25) is 0 Å². The van der Waals surface area contributed by atoms with Gasteiger partial charge in [-0.25, -0.2) is 4.79 Å². The highest BCUT2D eigenvalue weighted by Gasteiger charge is 2.46. The number of benzene rings is 1. The van der Waals surface area contributed by atoms with Crippen molar-refractivity contribution in [3.63, 3.8) is 0 Å². The van der Waals surface area contributed by atoms with Crippen LogP contribution in [0.5, 0.6) is 0 Å². The molecule has 4 unspecified atom stereocenters. The van der Waals surface area contributed by atoms with E-state index in [1.807, 2.05) is 13.0 Å². The van der Waals surface area contributed by atoms with E-state index in [2.05, 4.69) is 39.2 Å². The fourth-order valence-electron chi connectivity index (χ4n) is 4.76. The minimum absolute atomic E-state index is 0.385. The van der Waals surface area contributed by atoms with E-state index in [0.29, 0.717) is 5.56 Å². The van der Waals surface area contributed by atoms with Crippen molar-refractivity contribution in [1.82, 2.24) is 0 Å². The molecule has 1 fully saturated rings. The molecule has 1 N–H and O–H groups in total. The number of hydrogen-bond acceptors (Lipinski definition) is 1. The summed E-state index contributed by atoms with van der Waals surface area (Å²) in [5.74, 6) is 2.58. The van der Waals surface area contributed by atoms with Crippen molar-refractivity contribution < 1.29 is 9.90 Å². The molecule has 2 nitrogen and oxygen atoms in total. The fourth-order valence-corrected chi connectivity index (χ4v) is 4.76. The van der Waals surface area contributed by atoms with Crippen molar-refractivity contribution >= 4 is 5.97 Å². The van der Waals surface area contributed by atoms with Crippen LogP contribution in [-0.2, 0) is 0 Å². The van der Waals surface area contributed by atoms with Crippen LogP contribution < -0.4 is 0 Å². The Balaban J connectivity index is 0.000000197. The number of carboxylic acids is 1. The molecule has 1 aromatic rings. The third kappa shape index (κ3) is 4.00. The number of aromatic carboxylic acids is 1. The molecule has 0 spiro atoms. The molecule has 2 aliphatic rings. The van der Waals surface area contributed by atoms with Gasteiger partial charge in [-0.05, 0) is 68.4 Å². The van der Waals surface area contributed by atoms with Crippen LogP contribution in [0.3, 0.4) is 0 Å². The molecule has 0 saturated heterocycles. The summed E-state index contributed by atoms with van der Waals surface area (Å²) in [7, 11) is 0. The van der Waals surface area contributed by atoms with E-state index in [0.717, 1.165) is 47.6 Å². The first kappa shape index (κ1) is 20.2. The van der Waals surface area contributed by atoms with Gasteiger partial charge in [0.05, 0.1) is 5.56 Å². The molecular formula is C24H32O2. The summed E-state index contributed by atoms with van der Waals surface area (Å²) in [6.07, 6.45) is 7.73. The highest BCUT2D eigenvalue weighted by molar-refractivity contribution is 5.89. The smallest absolute Gasteiger partial charge is 0.335 e. The summed E-state index contributed by atoms with van der Waals surface area (Å²) in [6, 6.07) is 5.30. The molecule has 2 aliphatic carbocycles. The minimum atomic E-state index is -0.859. The van der Waals surface area contributed by atoms with E-state index in [9.17, 15) is 4.79 Å². The van der Waals surface area contributed by atoms with Gasteiger partial charge < -0.3 is 5.11 Å². The Morgan fingerprint density at radius 3 is 1.96 bits per heavy atom. The van der Waals surface area contributed by atoms with Gasteiger partial charge in [0.1, 0.15) is 0 Å². The van der Waals surface area contributed by atoms with Crippen molar-refractivity contribution in [2.75, 3.05) is 0 Å². The number of hydrogen-bond donors (Lipinski definition) is 1. The summed E-state index contributed by atoms with van der Waals surface area (Å²) in [4.78, 5) is 10.5. The molecular weight excluding hydrogens is 320 g/mol. The lowest BCUT2D eigenvalue weighted by molar-refractivity contribution is 0.0696. The number of carboxylic acid groups (broad SMARTS) is 1. The van der Waals surface area contributed by atoms with E-state index < -0.39 is 5.97 Å². The zero-order valence-electron chi connectivity index (χ0n) is 16.6. The van der Waals surface area contributed by atoms with Crippen LogP contribution in [0.1, 0.15) is 54.6 Å². The lowest BCUT2D eigenvalue weighted by atomic mass is 9.76. The van der Waals surface area contributed by atoms with Gasteiger partial charge in [-0.15, -0.1) is 13.2 Å². The Morgan fingerprint density at radius 2 is 1.58 bits per heavy atom. The highest BCUT2D eigenvalue weighted by Crippen LogP contribution is 2.56. The first-order valence-corrected chi connectivity index (χ1v) is 9.55. The Kier molecular flexibility index (Phi) is 6.63. The molecule has 0 heterocycles. The second-order valence-corrected chi connectivity index (χ2v) is 7.83. The van der Waals surface area contributed by atoms with E-state index >= 15 is 0 Å². The lowest BCUT2D eigenvalue weighted by Gasteiger charge is -2.29. The van der Waals surface area contributed by atoms with Crippen LogP contribution >= 0.6 is 0 Å².